The number of benzene rings is 1. The van der Waals surface area contributed by atoms with Gasteiger partial charge in [-0.05, 0) is 40.9 Å². The van der Waals surface area contributed by atoms with E-state index in [9.17, 15) is 0 Å². The quantitative estimate of drug-likeness (QED) is 0.599. The van der Waals surface area contributed by atoms with E-state index in [1.54, 1.807) is 0 Å². The summed E-state index contributed by atoms with van der Waals surface area (Å²) in [5.41, 5.74) is 1.84. The van der Waals surface area contributed by atoms with Crippen molar-refractivity contribution in [2.45, 2.75) is 58.2 Å². The van der Waals surface area contributed by atoms with E-state index in [4.69, 9.17) is 4.43 Å². The first-order valence-corrected chi connectivity index (χ1v) is 9.68. The second-order valence-corrected chi connectivity index (χ2v) is 12.2. The Morgan fingerprint density at radius 1 is 0.833 bits per heavy atom. The molecule has 0 amide bonds. The molecule has 3 heteroatoms. The molecule has 0 heterocycles. The molecule has 1 aromatic carbocycles. The molecule has 18 heavy (non-hydrogen) atoms. The molecule has 0 saturated carbocycles. The molecular formula is C15H25BrOSi. The van der Waals surface area contributed by atoms with Gasteiger partial charge in [0, 0.05) is 4.47 Å². The minimum absolute atomic E-state index is 0.612. The van der Waals surface area contributed by atoms with Crippen molar-refractivity contribution in [3.8, 4) is 5.75 Å². The molecule has 0 fully saturated rings. The first-order chi connectivity index (χ1) is 8.30. The van der Waals surface area contributed by atoms with E-state index in [0.29, 0.717) is 16.6 Å². The third kappa shape index (κ3) is 3.18. The molecule has 0 atom stereocenters. The number of hydrogen-bond donors (Lipinski definition) is 0. The van der Waals surface area contributed by atoms with Crippen LogP contribution < -0.4 is 4.43 Å². The van der Waals surface area contributed by atoms with Gasteiger partial charge in [0.1, 0.15) is 5.75 Å². The van der Waals surface area contributed by atoms with Gasteiger partial charge in [0.2, 0.25) is 0 Å². The predicted octanol–water partition coefficient (Wildman–Crippen LogP) is 6.00. The Labute approximate surface area is 121 Å². The fraction of sp³-hybridized carbons (Fsp3) is 0.600. The molecule has 0 unspecified atom stereocenters. The Hall–Kier alpha value is -0.283. The van der Waals surface area contributed by atoms with Crippen molar-refractivity contribution in [1.82, 2.24) is 0 Å². The zero-order valence-corrected chi connectivity index (χ0v) is 14.9. The molecule has 0 aliphatic heterocycles. The Bertz CT molecular complexity index is 349. The second-order valence-electron chi connectivity index (χ2n) is 5.87. The highest BCUT2D eigenvalue weighted by molar-refractivity contribution is 9.10. The van der Waals surface area contributed by atoms with Gasteiger partial charge < -0.3 is 4.43 Å². The predicted molar refractivity (Wildman–Crippen MR) is 85.8 cm³/mol. The van der Waals surface area contributed by atoms with Gasteiger partial charge in [-0.3, -0.25) is 0 Å². The molecule has 0 aliphatic carbocycles. The Morgan fingerprint density at radius 3 is 1.56 bits per heavy atom. The van der Waals surface area contributed by atoms with E-state index in [-0.39, 0.29) is 0 Å². The average Bonchev–Trinajstić information content (AvgIpc) is 2.26. The lowest BCUT2D eigenvalue weighted by atomic mass is 10.5. The van der Waals surface area contributed by atoms with Crippen LogP contribution in [0.25, 0.3) is 0 Å². The summed E-state index contributed by atoms with van der Waals surface area (Å²) < 4.78 is 7.66. The first kappa shape index (κ1) is 15.8. The van der Waals surface area contributed by atoms with Crippen LogP contribution in [0.4, 0.5) is 0 Å². The van der Waals surface area contributed by atoms with Crippen LogP contribution in [0.3, 0.4) is 0 Å². The van der Waals surface area contributed by atoms with Crippen LogP contribution in [0.15, 0.2) is 28.7 Å². The lowest BCUT2D eigenvalue weighted by Crippen LogP contribution is -2.50. The highest BCUT2D eigenvalue weighted by Gasteiger charge is 2.46. The van der Waals surface area contributed by atoms with Crippen molar-refractivity contribution < 1.29 is 4.43 Å². The van der Waals surface area contributed by atoms with E-state index in [0.717, 1.165) is 10.2 Å². The number of rotatable bonds is 5. The summed E-state index contributed by atoms with van der Waals surface area (Å²) >= 11 is 3.47. The zero-order chi connectivity index (χ0) is 13.9. The average molecular weight is 335 g/mol. The normalized spacial score (nSPS) is 12.6. The standard InChI is InChI=1S/C15H25BrOSi/c1-11(2)18(12(3)4,13(5)6)17-15-9-7-14(16)8-10-15/h7-13H,1-6H3/i7+1,8+1,9+1,10+1,14+1,15+1. The first-order valence-electron chi connectivity index (χ1n) is 6.75. The van der Waals surface area contributed by atoms with Gasteiger partial charge in [0.15, 0.2) is 0 Å². The van der Waals surface area contributed by atoms with Crippen LogP contribution in [-0.2, 0) is 0 Å². The van der Waals surface area contributed by atoms with Gasteiger partial charge in [-0.15, -0.1) is 0 Å². The minimum Gasteiger partial charge on any atom is -0.543 e. The van der Waals surface area contributed by atoms with Gasteiger partial charge in [-0.2, -0.15) is 0 Å². The molecule has 0 N–H and O–H groups in total. The summed E-state index contributed by atoms with van der Waals surface area (Å²) in [6, 6.07) is 8.24. The molecule has 0 bridgehead atoms. The zero-order valence-electron chi connectivity index (χ0n) is 12.3. The van der Waals surface area contributed by atoms with Crippen molar-refractivity contribution in [2.75, 3.05) is 0 Å². The summed E-state index contributed by atoms with van der Waals surface area (Å²) in [5.74, 6) is 1.01. The summed E-state index contributed by atoms with van der Waals surface area (Å²) in [4.78, 5) is 0. The van der Waals surface area contributed by atoms with Crippen molar-refractivity contribution in [2.24, 2.45) is 0 Å². The highest BCUT2D eigenvalue weighted by Crippen LogP contribution is 2.42. The van der Waals surface area contributed by atoms with Crippen LogP contribution in [0.1, 0.15) is 41.5 Å². The molecule has 1 aromatic rings. The van der Waals surface area contributed by atoms with Crippen molar-refractivity contribution in [3.63, 3.8) is 0 Å². The smallest absolute Gasteiger partial charge is 0.258 e. The third-order valence-corrected chi connectivity index (χ3v) is 10.3. The molecule has 1 nitrogen and oxygen atoms in total. The second kappa shape index (κ2) is 6.24. The lowest BCUT2D eigenvalue weighted by Gasteiger charge is -2.42. The van der Waals surface area contributed by atoms with Crippen LogP contribution in [0, 0.1) is 0 Å². The summed E-state index contributed by atoms with van der Waals surface area (Å²) in [7, 11) is -1.80. The molecule has 0 aromatic heterocycles. The van der Waals surface area contributed by atoms with Crippen molar-refractivity contribution in [1.29, 1.82) is 0 Å². The van der Waals surface area contributed by atoms with Gasteiger partial charge in [0.25, 0.3) is 8.32 Å². The summed E-state index contributed by atoms with van der Waals surface area (Å²) in [5, 5.41) is 0. The van der Waals surface area contributed by atoms with E-state index in [1.807, 2.05) is 0 Å². The molecule has 102 valence electrons. The van der Waals surface area contributed by atoms with Crippen LogP contribution in [0.2, 0.25) is 16.6 Å². The molecular weight excluding hydrogens is 310 g/mol. The summed E-state index contributed by atoms with van der Waals surface area (Å²) in [6.45, 7) is 13.9. The highest BCUT2D eigenvalue weighted by atomic mass is 79.9. The monoisotopic (exact) mass is 334 g/mol. The number of halogens is 1. The van der Waals surface area contributed by atoms with Gasteiger partial charge in [0.05, 0.1) is 0 Å². The van der Waals surface area contributed by atoms with Crippen LogP contribution in [0.5, 0.6) is 5.75 Å². The van der Waals surface area contributed by atoms with Crippen molar-refractivity contribution in [3.05, 3.63) is 28.7 Å². The maximum Gasteiger partial charge on any atom is 0.258 e. The molecule has 0 saturated heterocycles. The van der Waals surface area contributed by atoms with Crippen LogP contribution >= 0.6 is 15.9 Å². The summed E-state index contributed by atoms with van der Waals surface area (Å²) in [6.07, 6.45) is 0. The van der Waals surface area contributed by atoms with Crippen LogP contribution in [-0.4, -0.2) is 8.32 Å². The topological polar surface area (TPSA) is 9.23 Å². The Morgan fingerprint density at radius 2 is 1.22 bits per heavy atom. The van der Waals surface area contributed by atoms with E-state index in [1.165, 1.54) is 0 Å². The van der Waals surface area contributed by atoms with Gasteiger partial charge in [-0.25, -0.2) is 0 Å². The molecule has 0 aliphatic rings. The largest absolute Gasteiger partial charge is 0.543 e. The van der Waals surface area contributed by atoms with Gasteiger partial charge >= 0.3 is 0 Å². The van der Waals surface area contributed by atoms with E-state index < -0.39 is 8.32 Å². The maximum absolute atomic E-state index is 6.56. The maximum atomic E-state index is 6.56. The molecule has 1 rings (SSSR count). The third-order valence-electron chi connectivity index (χ3n) is 3.82. The fourth-order valence-electron chi connectivity index (χ4n) is 3.06. The van der Waals surface area contributed by atoms with E-state index in [2.05, 4.69) is 81.7 Å². The SMILES string of the molecule is CC(C)[Si](O[13c]1[13cH][13cH][13c](Br)[13cH][13cH]1)(C(C)C)C(C)C. The van der Waals surface area contributed by atoms with Crippen molar-refractivity contribution >= 4 is 24.2 Å². The molecule has 0 radical (unpaired) electrons. The minimum atomic E-state index is -1.80. The van der Waals surface area contributed by atoms with Gasteiger partial charge in [-0.1, -0.05) is 57.5 Å². The Balaban J connectivity index is 3.08. The Kier molecular flexibility index (Phi) is 5.47. The van der Waals surface area contributed by atoms with E-state index >= 15 is 0 Å². The molecule has 0 spiro atoms. The lowest BCUT2D eigenvalue weighted by molar-refractivity contribution is 0.479. The fourth-order valence-corrected chi connectivity index (χ4v) is 8.58. The number of hydrogen-bond acceptors (Lipinski definition) is 1.